The predicted octanol–water partition coefficient (Wildman–Crippen LogP) is 1.32. The molecule has 54 valence electrons. The minimum atomic E-state index is 0.103. The molecule has 0 aliphatic heterocycles. The number of anilines is 2. The number of nitrogens with two attached hydrogens (primary N) is 2. The lowest BCUT2D eigenvalue weighted by Gasteiger charge is -2.02. The Bertz CT molecular complexity index is 235. The molecule has 10 heavy (non-hydrogen) atoms. The van der Waals surface area contributed by atoms with Crippen LogP contribution in [0.15, 0.2) is 16.6 Å². The Morgan fingerprint density at radius 1 is 1.30 bits per heavy atom. The van der Waals surface area contributed by atoms with E-state index in [-0.39, 0.29) is 5.75 Å². The van der Waals surface area contributed by atoms with Gasteiger partial charge in [-0.05, 0) is 28.1 Å². The third-order valence-corrected chi connectivity index (χ3v) is 2.03. The summed E-state index contributed by atoms with van der Waals surface area (Å²) >= 11 is 3.07. The minimum absolute atomic E-state index is 0.103. The molecule has 3 nitrogen and oxygen atoms in total. The van der Waals surface area contributed by atoms with E-state index in [0.717, 1.165) is 0 Å². The van der Waals surface area contributed by atoms with Gasteiger partial charge in [-0.2, -0.15) is 0 Å². The molecule has 0 bridgehead atoms. The third-order valence-electron chi connectivity index (χ3n) is 1.19. The summed E-state index contributed by atoms with van der Waals surface area (Å²) in [5.41, 5.74) is 11.7. The van der Waals surface area contributed by atoms with E-state index in [9.17, 15) is 0 Å². The topological polar surface area (TPSA) is 72.3 Å². The Morgan fingerprint density at radius 3 is 2.40 bits per heavy atom. The van der Waals surface area contributed by atoms with Gasteiger partial charge in [0.15, 0.2) is 0 Å². The molecule has 0 fully saturated rings. The van der Waals surface area contributed by atoms with Crippen LogP contribution in [0.1, 0.15) is 0 Å². The molecule has 0 unspecified atom stereocenters. The summed E-state index contributed by atoms with van der Waals surface area (Å²) in [6.07, 6.45) is 0. The summed E-state index contributed by atoms with van der Waals surface area (Å²) in [4.78, 5) is 0. The summed E-state index contributed by atoms with van der Waals surface area (Å²) in [7, 11) is 0. The van der Waals surface area contributed by atoms with Gasteiger partial charge in [-0.15, -0.1) is 0 Å². The van der Waals surface area contributed by atoms with Crippen LogP contribution in [0.3, 0.4) is 0 Å². The molecular weight excluding hydrogens is 196 g/mol. The molecule has 0 atom stereocenters. The van der Waals surface area contributed by atoms with Gasteiger partial charge in [0.1, 0.15) is 5.75 Å². The number of halogens is 1. The van der Waals surface area contributed by atoms with Gasteiger partial charge in [0, 0.05) is 0 Å². The highest BCUT2D eigenvalue weighted by molar-refractivity contribution is 9.10. The highest BCUT2D eigenvalue weighted by Crippen LogP contribution is 2.33. The lowest BCUT2D eigenvalue weighted by molar-refractivity contribution is 0.472. The Balaban J connectivity index is 3.34. The average Bonchev–Trinajstić information content (AvgIpc) is 1.93. The number of hydrogen-bond acceptors (Lipinski definition) is 3. The number of phenolic OH excluding ortho intramolecular Hbond substituents is 1. The molecule has 1 aromatic rings. The minimum Gasteiger partial charge on any atom is -0.507 e. The first kappa shape index (κ1) is 7.21. The maximum absolute atomic E-state index is 9.04. The maximum Gasteiger partial charge on any atom is 0.132 e. The maximum atomic E-state index is 9.04. The Hall–Kier alpha value is -0.900. The molecule has 0 saturated carbocycles. The van der Waals surface area contributed by atoms with Crippen molar-refractivity contribution in [1.82, 2.24) is 0 Å². The highest BCUT2D eigenvalue weighted by Gasteiger charge is 2.03. The predicted molar refractivity (Wildman–Crippen MR) is 44.6 cm³/mol. The summed E-state index contributed by atoms with van der Waals surface area (Å²) < 4.78 is 0.451. The fourth-order valence-electron chi connectivity index (χ4n) is 0.596. The molecule has 1 rings (SSSR count). The van der Waals surface area contributed by atoms with E-state index >= 15 is 0 Å². The van der Waals surface area contributed by atoms with Crippen molar-refractivity contribution >= 4 is 27.3 Å². The van der Waals surface area contributed by atoms with Crippen molar-refractivity contribution < 1.29 is 5.11 Å². The zero-order valence-corrected chi connectivity index (χ0v) is 6.72. The molecule has 0 aromatic heterocycles. The van der Waals surface area contributed by atoms with E-state index < -0.39 is 0 Å². The van der Waals surface area contributed by atoms with Gasteiger partial charge in [0.05, 0.1) is 15.8 Å². The number of benzene rings is 1. The Labute approximate surface area is 66.8 Å². The van der Waals surface area contributed by atoms with E-state index in [1.807, 2.05) is 0 Å². The van der Waals surface area contributed by atoms with Crippen LogP contribution < -0.4 is 11.5 Å². The molecular formula is C6H7BrN2O. The van der Waals surface area contributed by atoms with Gasteiger partial charge >= 0.3 is 0 Å². The van der Waals surface area contributed by atoms with Gasteiger partial charge in [-0.3, -0.25) is 0 Å². The van der Waals surface area contributed by atoms with E-state index in [0.29, 0.717) is 15.8 Å². The van der Waals surface area contributed by atoms with Crippen LogP contribution in [0.2, 0.25) is 0 Å². The van der Waals surface area contributed by atoms with Gasteiger partial charge in [0.2, 0.25) is 0 Å². The third kappa shape index (κ3) is 1.02. The molecule has 5 N–H and O–H groups in total. The SMILES string of the molecule is Nc1ccc(O)c(Br)c1N. The molecule has 0 heterocycles. The van der Waals surface area contributed by atoms with Crippen molar-refractivity contribution in [3.63, 3.8) is 0 Å². The molecule has 0 aliphatic rings. The van der Waals surface area contributed by atoms with Crippen LogP contribution in [0.4, 0.5) is 11.4 Å². The van der Waals surface area contributed by atoms with Crippen LogP contribution in [0, 0.1) is 0 Å². The van der Waals surface area contributed by atoms with Gasteiger partial charge in [0.25, 0.3) is 0 Å². The molecule has 0 saturated heterocycles. The van der Waals surface area contributed by atoms with Crippen LogP contribution in [-0.2, 0) is 0 Å². The molecule has 0 aliphatic carbocycles. The quantitative estimate of drug-likeness (QED) is 0.439. The summed E-state index contributed by atoms with van der Waals surface area (Å²) in [6, 6.07) is 3.03. The van der Waals surface area contributed by atoms with Gasteiger partial charge in [-0.1, -0.05) is 0 Å². The zero-order valence-electron chi connectivity index (χ0n) is 5.13. The Kier molecular flexibility index (Phi) is 1.72. The normalized spacial score (nSPS) is 9.70. The first-order chi connectivity index (χ1) is 4.63. The van der Waals surface area contributed by atoms with E-state index in [2.05, 4.69) is 15.9 Å². The van der Waals surface area contributed by atoms with E-state index in [1.165, 1.54) is 6.07 Å². The summed E-state index contributed by atoms with van der Waals surface area (Å²) in [5, 5.41) is 9.04. The molecule has 1 aromatic carbocycles. The van der Waals surface area contributed by atoms with E-state index in [4.69, 9.17) is 16.6 Å². The van der Waals surface area contributed by atoms with Crippen molar-refractivity contribution in [2.75, 3.05) is 11.5 Å². The number of hydrogen-bond donors (Lipinski definition) is 3. The van der Waals surface area contributed by atoms with Crippen molar-refractivity contribution in [3.8, 4) is 5.75 Å². The standard InChI is InChI=1S/C6H7BrN2O/c7-5-4(10)2-1-3(8)6(5)9/h1-2,10H,8-9H2. The Morgan fingerprint density at radius 2 is 1.90 bits per heavy atom. The lowest BCUT2D eigenvalue weighted by atomic mass is 10.2. The molecule has 0 radical (unpaired) electrons. The monoisotopic (exact) mass is 202 g/mol. The van der Waals surface area contributed by atoms with Crippen molar-refractivity contribution in [3.05, 3.63) is 16.6 Å². The van der Waals surface area contributed by atoms with Crippen LogP contribution in [0.25, 0.3) is 0 Å². The molecule has 4 heteroatoms. The highest BCUT2D eigenvalue weighted by atomic mass is 79.9. The first-order valence-corrected chi connectivity index (χ1v) is 3.44. The van der Waals surface area contributed by atoms with E-state index in [1.54, 1.807) is 6.07 Å². The summed E-state index contributed by atoms with van der Waals surface area (Å²) in [6.45, 7) is 0. The van der Waals surface area contributed by atoms with Crippen molar-refractivity contribution in [2.24, 2.45) is 0 Å². The second-order valence-electron chi connectivity index (χ2n) is 1.90. The number of rotatable bonds is 0. The second-order valence-corrected chi connectivity index (χ2v) is 2.69. The molecule has 0 spiro atoms. The number of nitrogen functional groups attached to an aromatic ring is 2. The largest absolute Gasteiger partial charge is 0.507 e. The fourth-order valence-corrected chi connectivity index (χ4v) is 0.957. The second kappa shape index (κ2) is 2.38. The number of phenols is 1. The van der Waals surface area contributed by atoms with Crippen LogP contribution in [-0.4, -0.2) is 5.11 Å². The van der Waals surface area contributed by atoms with Crippen molar-refractivity contribution in [1.29, 1.82) is 0 Å². The first-order valence-electron chi connectivity index (χ1n) is 2.65. The van der Waals surface area contributed by atoms with Crippen LogP contribution in [0.5, 0.6) is 5.75 Å². The molecule has 0 amide bonds. The smallest absolute Gasteiger partial charge is 0.132 e. The lowest BCUT2D eigenvalue weighted by Crippen LogP contribution is -1.94. The summed E-state index contributed by atoms with van der Waals surface area (Å²) in [5.74, 6) is 0.103. The average molecular weight is 203 g/mol. The fraction of sp³-hybridized carbons (Fsp3) is 0. The van der Waals surface area contributed by atoms with Crippen molar-refractivity contribution in [2.45, 2.75) is 0 Å². The van der Waals surface area contributed by atoms with Gasteiger partial charge in [-0.25, -0.2) is 0 Å². The number of aromatic hydroxyl groups is 1. The van der Waals surface area contributed by atoms with Crippen LogP contribution >= 0.6 is 15.9 Å². The zero-order chi connectivity index (χ0) is 7.72. The van der Waals surface area contributed by atoms with Gasteiger partial charge < -0.3 is 16.6 Å².